The average molecular weight is 235 g/mol. The Bertz CT molecular complexity index is 335. The highest BCUT2D eigenvalue weighted by molar-refractivity contribution is 5.23. The van der Waals surface area contributed by atoms with E-state index in [2.05, 4.69) is 29.2 Å². The second-order valence-electron chi connectivity index (χ2n) is 4.54. The minimum atomic E-state index is 0.272. The second kappa shape index (κ2) is 6.74. The molecule has 0 unspecified atom stereocenters. The van der Waals surface area contributed by atoms with E-state index in [4.69, 9.17) is 9.84 Å². The van der Waals surface area contributed by atoms with Crippen LogP contribution in [0.1, 0.15) is 17.5 Å². The van der Waals surface area contributed by atoms with Crippen LogP contribution in [0.2, 0.25) is 0 Å². The molecule has 3 nitrogen and oxygen atoms in total. The van der Waals surface area contributed by atoms with Gasteiger partial charge in [0, 0.05) is 26.2 Å². The maximum Gasteiger partial charge on any atom is 0.0594 e. The normalized spacial score (nSPS) is 17.2. The number of nitrogens with zero attached hydrogens (tertiary/aromatic N) is 1. The van der Waals surface area contributed by atoms with Crippen LogP contribution in [0.3, 0.4) is 0 Å². The quantitative estimate of drug-likeness (QED) is 0.838. The number of morpholine rings is 1. The van der Waals surface area contributed by atoms with Gasteiger partial charge in [0.05, 0.1) is 13.2 Å². The van der Waals surface area contributed by atoms with Gasteiger partial charge in [-0.3, -0.25) is 4.90 Å². The molecule has 0 spiro atoms. The van der Waals surface area contributed by atoms with Crippen LogP contribution in [0.15, 0.2) is 24.3 Å². The fourth-order valence-electron chi connectivity index (χ4n) is 2.18. The molecule has 0 atom stereocenters. The summed E-state index contributed by atoms with van der Waals surface area (Å²) in [6, 6.07) is 8.68. The predicted octanol–water partition coefficient (Wildman–Crippen LogP) is 1.44. The number of hydrogen-bond donors (Lipinski definition) is 1. The molecular weight excluding hydrogens is 214 g/mol. The summed E-state index contributed by atoms with van der Waals surface area (Å²) in [4.78, 5) is 2.43. The smallest absolute Gasteiger partial charge is 0.0594 e. The number of rotatable bonds is 5. The van der Waals surface area contributed by atoms with Gasteiger partial charge < -0.3 is 9.84 Å². The lowest BCUT2D eigenvalue weighted by Crippen LogP contribution is -2.35. The van der Waals surface area contributed by atoms with Crippen LogP contribution in [-0.2, 0) is 17.7 Å². The van der Waals surface area contributed by atoms with Crippen LogP contribution in [0.4, 0.5) is 0 Å². The highest BCUT2D eigenvalue weighted by atomic mass is 16.5. The lowest BCUT2D eigenvalue weighted by atomic mass is 10.1. The van der Waals surface area contributed by atoms with Crippen molar-refractivity contribution >= 4 is 0 Å². The summed E-state index contributed by atoms with van der Waals surface area (Å²) >= 11 is 0. The highest BCUT2D eigenvalue weighted by Gasteiger charge is 2.10. The van der Waals surface area contributed by atoms with Gasteiger partial charge in [-0.2, -0.15) is 0 Å². The van der Waals surface area contributed by atoms with Crippen molar-refractivity contribution in [3.8, 4) is 0 Å². The lowest BCUT2D eigenvalue weighted by molar-refractivity contribution is 0.0342. The molecule has 0 bridgehead atoms. The molecule has 1 aliphatic rings. The van der Waals surface area contributed by atoms with Crippen molar-refractivity contribution in [1.29, 1.82) is 0 Å². The van der Waals surface area contributed by atoms with E-state index in [1.807, 2.05) is 0 Å². The van der Waals surface area contributed by atoms with E-state index < -0.39 is 0 Å². The molecular formula is C14H21NO2. The molecule has 1 heterocycles. The van der Waals surface area contributed by atoms with Gasteiger partial charge in [0.15, 0.2) is 0 Å². The largest absolute Gasteiger partial charge is 0.396 e. The van der Waals surface area contributed by atoms with Crippen molar-refractivity contribution < 1.29 is 9.84 Å². The van der Waals surface area contributed by atoms with Crippen molar-refractivity contribution in [2.45, 2.75) is 19.4 Å². The van der Waals surface area contributed by atoms with Gasteiger partial charge in [0.2, 0.25) is 0 Å². The number of benzene rings is 1. The molecule has 1 aliphatic heterocycles. The van der Waals surface area contributed by atoms with Crippen molar-refractivity contribution in [1.82, 2.24) is 4.90 Å². The Morgan fingerprint density at radius 1 is 1.18 bits per heavy atom. The molecule has 0 aliphatic carbocycles. The maximum absolute atomic E-state index is 8.84. The topological polar surface area (TPSA) is 32.7 Å². The maximum atomic E-state index is 8.84. The number of ether oxygens (including phenoxy) is 1. The third kappa shape index (κ3) is 4.11. The first-order valence-electron chi connectivity index (χ1n) is 6.37. The summed E-state index contributed by atoms with van der Waals surface area (Å²) in [6.45, 7) is 5.04. The molecule has 1 N–H and O–H groups in total. The zero-order valence-electron chi connectivity index (χ0n) is 10.3. The van der Waals surface area contributed by atoms with Gasteiger partial charge >= 0.3 is 0 Å². The van der Waals surface area contributed by atoms with Crippen LogP contribution in [0.5, 0.6) is 0 Å². The molecule has 1 aromatic carbocycles. The van der Waals surface area contributed by atoms with Crippen molar-refractivity contribution in [2.75, 3.05) is 32.9 Å². The molecule has 0 radical (unpaired) electrons. The van der Waals surface area contributed by atoms with E-state index in [9.17, 15) is 0 Å². The van der Waals surface area contributed by atoms with Crippen molar-refractivity contribution in [3.63, 3.8) is 0 Å². The third-order valence-corrected chi connectivity index (χ3v) is 3.12. The average Bonchev–Trinajstić information content (AvgIpc) is 2.38. The van der Waals surface area contributed by atoms with Gasteiger partial charge in [0.25, 0.3) is 0 Å². The summed E-state index contributed by atoms with van der Waals surface area (Å²) in [5.41, 5.74) is 2.69. The molecule has 0 saturated carbocycles. The summed E-state index contributed by atoms with van der Waals surface area (Å²) < 4.78 is 5.34. The first kappa shape index (κ1) is 12.6. The van der Waals surface area contributed by atoms with E-state index in [0.29, 0.717) is 0 Å². The number of aryl methyl sites for hydroxylation is 1. The molecule has 2 rings (SSSR count). The van der Waals surface area contributed by atoms with Crippen molar-refractivity contribution in [3.05, 3.63) is 35.4 Å². The number of aliphatic hydroxyl groups excluding tert-OH is 1. The molecule has 94 valence electrons. The Morgan fingerprint density at radius 2 is 1.94 bits per heavy atom. The SMILES string of the molecule is OCCCc1cccc(CN2CCOCC2)c1. The van der Waals surface area contributed by atoms with Crippen LogP contribution < -0.4 is 0 Å². The number of aliphatic hydroxyl groups is 1. The summed E-state index contributed by atoms with van der Waals surface area (Å²) in [5, 5.41) is 8.84. The van der Waals surface area contributed by atoms with E-state index in [0.717, 1.165) is 45.7 Å². The molecule has 3 heteroatoms. The molecule has 1 fully saturated rings. The minimum absolute atomic E-state index is 0.272. The molecule has 17 heavy (non-hydrogen) atoms. The predicted molar refractivity (Wildman–Crippen MR) is 67.9 cm³/mol. The summed E-state index contributed by atoms with van der Waals surface area (Å²) in [7, 11) is 0. The van der Waals surface area contributed by atoms with Crippen LogP contribution in [0.25, 0.3) is 0 Å². The Labute approximate surface area is 103 Å². The molecule has 1 saturated heterocycles. The van der Waals surface area contributed by atoms with Gasteiger partial charge in [-0.05, 0) is 24.0 Å². The monoisotopic (exact) mass is 235 g/mol. The molecule has 1 aromatic rings. The lowest BCUT2D eigenvalue weighted by Gasteiger charge is -2.26. The third-order valence-electron chi connectivity index (χ3n) is 3.12. The van der Waals surface area contributed by atoms with Crippen molar-refractivity contribution in [2.24, 2.45) is 0 Å². The second-order valence-corrected chi connectivity index (χ2v) is 4.54. The van der Waals surface area contributed by atoms with Crippen LogP contribution >= 0.6 is 0 Å². The first-order chi connectivity index (χ1) is 8.38. The first-order valence-corrected chi connectivity index (χ1v) is 6.37. The zero-order chi connectivity index (χ0) is 11.9. The fraction of sp³-hybridized carbons (Fsp3) is 0.571. The summed E-state index contributed by atoms with van der Waals surface area (Å²) in [6.07, 6.45) is 1.81. The minimum Gasteiger partial charge on any atom is -0.396 e. The Balaban J connectivity index is 1.90. The fourth-order valence-corrected chi connectivity index (χ4v) is 2.18. The zero-order valence-corrected chi connectivity index (χ0v) is 10.3. The number of hydrogen-bond acceptors (Lipinski definition) is 3. The van der Waals surface area contributed by atoms with Gasteiger partial charge in [-0.15, -0.1) is 0 Å². The summed E-state index contributed by atoms with van der Waals surface area (Å²) in [5.74, 6) is 0. The Kier molecular flexibility index (Phi) is 4.98. The standard InChI is InChI=1S/C14H21NO2/c16-8-2-5-13-3-1-4-14(11-13)12-15-6-9-17-10-7-15/h1,3-4,11,16H,2,5-10,12H2. The van der Waals surface area contributed by atoms with Gasteiger partial charge in [0.1, 0.15) is 0 Å². The Hall–Kier alpha value is -0.900. The van der Waals surface area contributed by atoms with Crippen LogP contribution in [-0.4, -0.2) is 42.9 Å². The highest BCUT2D eigenvalue weighted by Crippen LogP contribution is 2.11. The van der Waals surface area contributed by atoms with E-state index in [1.165, 1.54) is 11.1 Å². The van der Waals surface area contributed by atoms with Gasteiger partial charge in [-0.1, -0.05) is 24.3 Å². The molecule has 0 aromatic heterocycles. The Morgan fingerprint density at radius 3 is 2.71 bits per heavy atom. The van der Waals surface area contributed by atoms with Gasteiger partial charge in [-0.25, -0.2) is 0 Å². The van der Waals surface area contributed by atoms with E-state index in [1.54, 1.807) is 0 Å². The van der Waals surface area contributed by atoms with E-state index in [-0.39, 0.29) is 6.61 Å². The molecule has 0 amide bonds. The van der Waals surface area contributed by atoms with Crippen LogP contribution in [0, 0.1) is 0 Å². The van der Waals surface area contributed by atoms with E-state index >= 15 is 0 Å².